The minimum Gasteiger partial charge on any atom is -0.354 e. The summed E-state index contributed by atoms with van der Waals surface area (Å²) in [6.45, 7) is 4.68. The molecule has 1 unspecified atom stereocenters. The monoisotopic (exact) mass is 382 g/mol. The van der Waals surface area contributed by atoms with Crippen molar-refractivity contribution in [1.82, 2.24) is 10.2 Å². The molecular weight excluding hydrogens is 355 g/mol. The summed E-state index contributed by atoms with van der Waals surface area (Å²) in [5, 5.41) is 3.00. The molecule has 3 rings (SSSR count). The normalized spacial score (nSPS) is 15.4. The Labute approximate surface area is 165 Å². The molecule has 0 radical (unpaired) electrons. The maximum Gasteiger partial charge on any atom is 0.220 e. The van der Waals surface area contributed by atoms with Crippen LogP contribution in [0, 0.1) is 12.7 Å². The Balaban J connectivity index is 1.53. The third kappa shape index (κ3) is 5.49. The molecule has 0 aromatic heterocycles. The number of rotatable bonds is 8. The average molecular weight is 382 g/mol. The van der Waals surface area contributed by atoms with Crippen LogP contribution in [0.1, 0.15) is 53.2 Å². The molecule has 1 N–H and O–H groups in total. The van der Waals surface area contributed by atoms with Crippen molar-refractivity contribution in [2.45, 2.75) is 38.6 Å². The molecule has 1 amide bonds. The first-order chi connectivity index (χ1) is 13.5. The van der Waals surface area contributed by atoms with E-state index < -0.39 is 0 Å². The predicted octanol–water partition coefficient (Wildman–Crippen LogP) is 4.05. The summed E-state index contributed by atoms with van der Waals surface area (Å²) in [5.74, 6) is -0.657. The van der Waals surface area contributed by atoms with E-state index >= 15 is 0 Å². The van der Waals surface area contributed by atoms with Crippen LogP contribution in [0.2, 0.25) is 0 Å². The Morgan fingerprint density at radius 2 is 1.64 bits per heavy atom. The second-order valence-corrected chi connectivity index (χ2v) is 7.40. The number of carbonyl (C=O) groups is 2. The molecule has 148 valence electrons. The molecule has 28 heavy (non-hydrogen) atoms. The van der Waals surface area contributed by atoms with E-state index in [-0.39, 0.29) is 36.4 Å². The number of carbonyl (C=O) groups excluding carboxylic acids is 2. The smallest absolute Gasteiger partial charge is 0.220 e. The van der Waals surface area contributed by atoms with Gasteiger partial charge in [0.2, 0.25) is 5.91 Å². The predicted molar refractivity (Wildman–Crippen MR) is 108 cm³/mol. The lowest BCUT2D eigenvalue weighted by molar-refractivity contribution is -0.121. The van der Waals surface area contributed by atoms with E-state index in [1.807, 2.05) is 0 Å². The summed E-state index contributed by atoms with van der Waals surface area (Å²) in [6.07, 6.45) is 2.62. The lowest BCUT2D eigenvalue weighted by atomic mass is 10.0. The summed E-state index contributed by atoms with van der Waals surface area (Å²) in [4.78, 5) is 26.9. The SMILES string of the molecule is Cc1ccc(C(CNC(=O)CCC(=O)c2ccc(F)cc2)N2CCCC2)cc1. The van der Waals surface area contributed by atoms with Crippen molar-refractivity contribution in [2.24, 2.45) is 0 Å². The van der Waals surface area contributed by atoms with Crippen molar-refractivity contribution in [2.75, 3.05) is 19.6 Å². The highest BCUT2D eigenvalue weighted by molar-refractivity contribution is 5.97. The summed E-state index contributed by atoms with van der Waals surface area (Å²) in [5.41, 5.74) is 2.85. The van der Waals surface area contributed by atoms with Gasteiger partial charge in [0, 0.05) is 24.9 Å². The zero-order valence-corrected chi connectivity index (χ0v) is 16.3. The molecule has 0 aliphatic carbocycles. The third-order valence-corrected chi connectivity index (χ3v) is 5.28. The average Bonchev–Trinajstić information content (AvgIpc) is 3.22. The zero-order chi connectivity index (χ0) is 19.9. The van der Waals surface area contributed by atoms with Gasteiger partial charge in [0.15, 0.2) is 5.78 Å². The number of hydrogen-bond acceptors (Lipinski definition) is 3. The molecule has 4 nitrogen and oxygen atoms in total. The van der Waals surface area contributed by atoms with Crippen molar-refractivity contribution < 1.29 is 14.0 Å². The maximum atomic E-state index is 13.0. The second-order valence-electron chi connectivity index (χ2n) is 7.40. The van der Waals surface area contributed by atoms with Crippen LogP contribution in [0.4, 0.5) is 4.39 Å². The van der Waals surface area contributed by atoms with E-state index in [1.165, 1.54) is 48.2 Å². The molecule has 1 heterocycles. The van der Waals surface area contributed by atoms with Crippen LogP contribution in [-0.4, -0.2) is 36.2 Å². The maximum absolute atomic E-state index is 13.0. The first-order valence-electron chi connectivity index (χ1n) is 9.89. The van der Waals surface area contributed by atoms with E-state index in [9.17, 15) is 14.0 Å². The van der Waals surface area contributed by atoms with Crippen LogP contribution in [0.25, 0.3) is 0 Å². The van der Waals surface area contributed by atoms with E-state index in [2.05, 4.69) is 41.4 Å². The fraction of sp³-hybridized carbons (Fsp3) is 0.391. The number of hydrogen-bond donors (Lipinski definition) is 1. The summed E-state index contributed by atoms with van der Waals surface area (Å²) in [6, 6.07) is 14.0. The number of benzene rings is 2. The molecule has 5 heteroatoms. The number of aryl methyl sites for hydroxylation is 1. The van der Waals surface area contributed by atoms with E-state index in [0.29, 0.717) is 12.1 Å². The highest BCUT2D eigenvalue weighted by atomic mass is 19.1. The summed E-state index contributed by atoms with van der Waals surface area (Å²) >= 11 is 0. The molecule has 0 saturated carbocycles. The van der Waals surface area contributed by atoms with Gasteiger partial charge < -0.3 is 5.32 Å². The standard InChI is InChI=1S/C23H27FN2O2/c1-17-4-6-18(7-5-17)21(26-14-2-3-15-26)16-25-23(28)13-12-22(27)19-8-10-20(24)11-9-19/h4-11,21H,2-3,12-16H2,1H3,(H,25,28). The molecular formula is C23H27FN2O2. The number of likely N-dealkylation sites (tertiary alicyclic amines) is 1. The van der Waals surface area contributed by atoms with Gasteiger partial charge >= 0.3 is 0 Å². The van der Waals surface area contributed by atoms with Gasteiger partial charge in [0.25, 0.3) is 0 Å². The Kier molecular flexibility index (Phi) is 6.93. The molecule has 0 spiro atoms. The second kappa shape index (κ2) is 9.60. The van der Waals surface area contributed by atoms with Gasteiger partial charge in [0.1, 0.15) is 5.82 Å². The van der Waals surface area contributed by atoms with Crippen LogP contribution < -0.4 is 5.32 Å². The lowest BCUT2D eigenvalue weighted by Gasteiger charge is -2.28. The number of nitrogens with zero attached hydrogens (tertiary/aromatic N) is 1. The van der Waals surface area contributed by atoms with E-state index in [0.717, 1.165) is 13.1 Å². The molecule has 1 atom stereocenters. The fourth-order valence-electron chi connectivity index (χ4n) is 3.61. The number of halogens is 1. The first-order valence-corrected chi connectivity index (χ1v) is 9.89. The molecule has 1 aliphatic heterocycles. The van der Waals surface area contributed by atoms with Crippen molar-refractivity contribution in [3.8, 4) is 0 Å². The molecule has 1 saturated heterocycles. The van der Waals surface area contributed by atoms with Crippen LogP contribution >= 0.6 is 0 Å². The molecule has 0 bridgehead atoms. The Morgan fingerprint density at radius 1 is 1.00 bits per heavy atom. The largest absolute Gasteiger partial charge is 0.354 e. The van der Waals surface area contributed by atoms with Gasteiger partial charge in [0.05, 0.1) is 6.04 Å². The quantitative estimate of drug-likeness (QED) is 0.701. The van der Waals surface area contributed by atoms with Crippen molar-refractivity contribution in [1.29, 1.82) is 0 Å². The van der Waals surface area contributed by atoms with Crippen molar-refractivity contribution >= 4 is 11.7 Å². The van der Waals surface area contributed by atoms with E-state index in [4.69, 9.17) is 0 Å². The molecule has 2 aromatic carbocycles. The van der Waals surface area contributed by atoms with Gasteiger partial charge in [-0.25, -0.2) is 4.39 Å². The Bertz CT molecular complexity index is 796. The first kappa shape index (κ1) is 20.2. The lowest BCUT2D eigenvalue weighted by Crippen LogP contribution is -2.36. The molecule has 2 aromatic rings. The number of nitrogens with one attached hydrogen (secondary N) is 1. The minimum atomic E-state index is -0.377. The highest BCUT2D eigenvalue weighted by Gasteiger charge is 2.24. The molecule has 1 aliphatic rings. The topological polar surface area (TPSA) is 49.4 Å². The zero-order valence-electron chi connectivity index (χ0n) is 16.3. The number of ketones is 1. The van der Waals surface area contributed by atoms with Gasteiger partial charge in [-0.1, -0.05) is 29.8 Å². The summed E-state index contributed by atoms with van der Waals surface area (Å²) in [7, 11) is 0. The third-order valence-electron chi connectivity index (χ3n) is 5.28. The summed E-state index contributed by atoms with van der Waals surface area (Å²) < 4.78 is 13.0. The number of amides is 1. The Hall–Kier alpha value is -2.53. The van der Waals surface area contributed by atoms with Crippen LogP contribution in [0.15, 0.2) is 48.5 Å². The highest BCUT2D eigenvalue weighted by Crippen LogP contribution is 2.25. The van der Waals surface area contributed by atoms with Gasteiger partial charge in [-0.2, -0.15) is 0 Å². The van der Waals surface area contributed by atoms with Gasteiger partial charge in [-0.3, -0.25) is 14.5 Å². The van der Waals surface area contributed by atoms with Gasteiger partial charge in [-0.05, 0) is 62.7 Å². The minimum absolute atomic E-state index is 0.121. The van der Waals surface area contributed by atoms with Gasteiger partial charge in [-0.15, -0.1) is 0 Å². The van der Waals surface area contributed by atoms with Crippen LogP contribution in [0.5, 0.6) is 0 Å². The van der Waals surface area contributed by atoms with Crippen LogP contribution in [-0.2, 0) is 4.79 Å². The number of Topliss-reactive ketones (excluding diaryl/α,β-unsaturated/α-hetero) is 1. The fourth-order valence-corrected chi connectivity index (χ4v) is 3.61. The van der Waals surface area contributed by atoms with Crippen molar-refractivity contribution in [3.05, 3.63) is 71.0 Å². The molecule has 1 fully saturated rings. The van der Waals surface area contributed by atoms with E-state index in [1.54, 1.807) is 0 Å². The Morgan fingerprint density at radius 3 is 2.29 bits per heavy atom. The van der Waals surface area contributed by atoms with Crippen LogP contribution in [0.3, 0.4) is 0 Å². The van der Waals surface area contributed by atoms with Crippen molar-refractivity contribution in [3.63, 3.8) is 0 Å².